The van der Waals surface area contributed by atoms with E-state index in [-0.39, 0.29) is 17.1 Å². The van der Waals surface area contributed by atoms with E-state index in [1.807, 2.05) is 25.7 Å². The highest BCUT2D eigenvalue weighted by atomic mass is 16.2. The summed E-state index contributed by atoms with van der Waals surface area (Å²) in [5, 5.41) is 9.55. The lowest BCUT2D eigenvalue weighted by Gasteiger charge is -2.17. The normalized spacial score (nSPS) is 14.6. The van der Waals surface area contributed by atoms with Gasteiger partial charge in [0.05, 0.1) is 11.3 Å². The maximum absolute atomic E-state index is 12.7. The van der Waals surface area contributed by atoms with Gasteiger partial charge in [-0.05, 0) is 25.0 Å². The molecule has 2 amide bonds. The number of rotatable bonds is 3. The molecule has 1 saturated heterocycles. The van der Waals surface area contributed by atoms with Gasteiger partial charge in [0, 0.05) is 18.5 Å². The number of likely N-dealkylation sites (tertiary alicyclic amines) is 1. The van der Waals surface area contributed by atoms with Crippen molar-refractivity contribution in [1.29, 1.82) is 0 Å². The van der Waals surface area contributed by atoms with Gasteiger partial charge in [-0.2, -0.15) is 0 Å². The average molecular weight is 341 g/mol. The maximum Gasteiger partial charge on any atom is 0.295 e. The van der Waals surface area contributed by atoms with E-state index < -0.39 is 5.91 Å². The van der Waals surface area contributed by atoms with Crippen molar-refractivity contribution in [2.45, 2.75) is 39.0 Å². The van der Waals surface area contributed by atoms with Crippen LogP contribution in [0, 0.1) is 0 Å². The van der Waals surface area contributed by atoms with Crippen LogP contribution >= 0.6 is 0 Å². The number of para-hydroxylation sites is 1. The summed E-state index contributed by atoms with van der Waals surface area (Å²) in [5.74, 6) is 0.208. The molecule has 1 fully saturated rings. The lowest BCUT2D eigenvalue weighted by Crippen LogP contribution is -2.29. The lowest BCUT2D eigenvalue weighted by atomic mass is 9.96. The van der Waals surface area contributed by atoms with Crippen LogP contribution in [0.15, 0.2) is 24.3 Å². The molecule has 1 aromatic heterocycles. The fraction of sp³-hybridized carbons (Fsp3) is 0.444. The first-order valence-corrected chi connectivity index (χ1v) is 8.49. The van der Waals surface area contributed by atoms with E-state index in [2.05, 4.69) is 20.5 Å². The molecule has 0 aliphatic carbocycles. The third-order valence-electron chi connectivity index (χ3n) is 4.20. The molecule has 1 aliphatic rings. The number of carbonyl (C=O) groups excluding carboxylic acids is 2. The molecule has 25 heavy (non-hydrogen) atoms. The summed E-state index contributed by atoms with van der Waals surface area (Å²) in [5.41, 5.74) is 0.741. The number of amides is 2. The van der Waals surface area contributed by atoms with Crippen LogP contribution in [0.4, 0.5) is 5.69 Å². The average Bonchev–Trinajstić information content (AvgIpc) is 3.26. The molecule has 0 atom stereocenters. The molecule has 2 heterocycles. The molecule has 3 rings (SSSR count). The van der Waals surface area contributed by atoms with Crippen LogP contribution in [0.25, 0.3) is 0 Å². The molecule has 0 saturated carbocycles. The Morgan fingerprint density at radius 3 is 2.48 bits per heavy atom. The summed E-state index contributed by atoms with van der Waals surface area (Å²) in [6.07, 6.45) is 2.04. The van der Waals surface area contributed by atoms with Crippen molar-refractivity contribution < 1.29 is 9.59 Å². The van der Waals surface area contributed by atoms with Gasteiger partial charge in [0.2, 0.25) is 5.82 Å². The van der Waals surface area contributed by atoms with Gasteiger partial charge in [-0.15, -0.1) is 5.10 Å². The van der Waals surface area contributed by atoms with Crippen LogP contribution in [0.1, 0.15) is 60.4 Å². The summed E-state index contributed by atoms with van der Waals surface area (Å²) in [6, 6.07) is 7.03. The SMILES string of the molecule is CC(C)(C)c1nc(C(=O)Nc2ccccc2C(=O)N2CCCC2)n[nH]1. The van der Waals surface area contributed by atoms with E-state index in [1.165, 1.54) is 0 Å². The summed E-state index contributed by atoms with van der Waals surface area (Å²) in [6.45, 7) is 7.48. The minimum atomic E-state index is -0.437. The largest absolute Gasteiger partial charge is 0.339 e. The number of carbonyl (C=O) groups is 2. The van der Waals surface area contributed by atoms with E-state index in [0.717, 1.165) is 25.9 Å². The van der Waals surface area contributed by atoms with Crippen LogP contribution in [0.5, 0.6) is 0 Å². The van der Waals surface area contributed by atoms with Crippen LogP contribution in [-0.4, -0.2) is 45.0 Å². The molecule has 0 bridgehead atoms. The van der Waals surface area contributed by atoms with Crippen molar-refractivity contribution in [2.75, 3.05) is 18.4 Å². The van der Waals surface area contributed by atoms with Crippen LogP contribution < -0.4 is 5.32 Å². The number of benzene rings is 1. The molecule has 7 heteroatoms. The topological polar surface area (TPSA) is 91.0 Å². The molecule has 7 nitrogen and oxygen atoms in total. The van der Waals surface area contributed by atoms with Crippen LogP contribution in [0.2, 0.25) is 0 Å². The van der Waals surface area contributed by atoms with E-state index in [1.54, 1.807) is 24.3 Å². The van der Waals surface area contributed by atoms with Gasteiger partial charge in [-0.3, -0.25) is 14.7 Å². The number of H-pyrrole nitrogens is 1. The minimum absolute atomic E-state index is 0.0567. The van der Waals surface area contributed by atoms with Crippen molar-refractivity contribution in [1.82, 2.24) is 20.1 Å². The quantitative estimate of drug-likeness (QED) is 0.898. The van der Waals surface area contributed by atoms with Crippen molar-refractivity contribution in [3.63, 3.8) is 0 Å². The van der Waals surface area contributed by atoms with E-state index in [9.17, 15) is 9.59 Å². The zero-order valence-corrected chi connectivity index (χ0v) is 14.8. The standard InChI is InChI=1S/C18H23N5O2/c1-18(2,3)17-20-14(21-22-17)15(24)19-13-9-5-4-8-12(13)16(25)23-10-6-7-11-23/h4-5,8-9H,6-7,10-11H2,1-3H3,(H,19,24)(H,20,21,22). The summed E-state index contributed by atoms with van der Waals surface area (Å²) in [7, 11) is 0. The smallest absolute Gasteiger partial charge is 0.295 e. The van der Waals surface area contributed by atoms with Crippen molar-refractivity contribution in [3.05, 3.63) is 41.5 Å². The zero-order chi connectivity index (χ0) is 18.0. The fourth-order valence-electron chi connectivity index (χ4n) is 2.75. The van der Waals surface area contributed by atoms with E-state index in [0.29, 0.717) is 17.1 Å². The molecular formula is C18H23N5O2. The number of aromatic amines is 1. The first kappa shape index (κ1) is 17.1. The zero-order valence-electron chi connectivity index (χ0n) is 14.8. The Hall–Kier alpha value is -2.70. The molecule has 2 N–H and O–H groups in total. The highest BCUT2D eigenvalue weighted by molar-refractivity contribution is 6.07. The number of nitrogens with zero attached hydrogens (tertiary/aromatic N) is 3. The first-order chi connectivity index (χ1) is 11.9. The number of hydrogen-bond donors (Lipinski definition) is 2. The minimum Gasteiger partial charge on any atom is -0.339 e. The van der Waals surface area contributed by atoms with Crippen LogP contribution in [0.3, 0.4) is 0 Å². The second-order valence-electron chi connectivity index (χ2n) is 7.26. The number of hydrogen-bond acceptors (Lipinski definition) is 4. The first-order valence-electron chi connectivity index (χ1n) is 8.49. The molecule has 1 aliphatic heterocycles. The lowest BCUT2D eigenvalue weighted by molar-refractivity contribution is 0.0794. The second-order valence-corrected chi connectivity index (χ2v) is 7.26. The van der Waals surface area contributed by atoms with E-state index in [4.69, 9.17) is 0 Å². The molecule has 2 aromatic rings. The van der Waals surface area contributed by atoms with E-state index >= 15 is 0 Å². The van der Waals surface area contributed by atoms with Gasteiger partial charge in [0.15, 0.2) is 0 Å². The van der Waals surface area contributed by atoms with Crippen molar-refractivity contribution >= 4 is 17.5 Å². The number of aromatic nitrogens is 3. The van der Waals surface area contributed by atoms with Gasteiger partial charge in [0.1, 0.15) is 5.82 Å². The van der Waals surface area contributed by atoms with Crippen LogP contribution in [-0.2, 0) is 5.41 Å². The Kier molecular flexibility index (Phi) is 4.57. The van der Waals surface area contributed by atoms with Crippen molar-refractivity contribution in [3.8, 4) is 0 Å². The molecule has 0 unspecified atom stereocenters. The molecule has 132 valence electrons. The Morgan fingerprint density at radius 1 is 1.16 bits per heavy atom. The Balaban J connectivity index is 1.80. The van der Waals surface area contributed by atoms with Gasteiger partial charge < -0.3 is 10.2 Å². The maximum atomic E-state index is 12.7. The highest BCUT2D eigenvalue weighted by Gasteiger charge is 2.24. The number of nitrogens with one attached hydrogen (secondary N) is 2. The van der Waals surface area contributed by atoms with Crippen molar-refractivity contribution in [2.24, 2.45) is 0 Å². The Morgan fingerprint density at radius 2 is 1.84 bits per heavy atom. The molecule has 1 aromatic carbocycles. The molecular weight excluding hydrogens is 318 g/mol. The Labute approximate surface area is 146 Å². The number of anilines is 1. The molecule has 0 spiro atoms. The van der Waals surface area contributed by atoms with Gasteiger partial charge >= 0.3 is 0 Å². The summed E-state index contributed by atoms with van der Waals surface area (Å²) < 4.78 is 0. The second kappa shape index (κ2) is 6.66. The third-order valence-corrected chi connectivity index (χ3v) is 4.20. The Bertz CT molecular complexity index is 785. The van der Waals surface area contributed by atoms with Gasteiger partial charge in [-0.1, -0.05) is 32.9 Å². The van der Waals surface area contributed by atoms with Gasteiger partial charge in [-0.25, -0.2) is 4.98 Å². The highest BCUT2D eigenvalue weighted by Crippen LogP contribution is 2.21. The van der Waals surface area contributed by atoms with Gasteiger partial charge in [0.25, 0.3) is 11.8 Å². The fourth-order valence-corrected chi connectivity index (χ4v) is 2.75. The monoisotopic (exact) mass is 341 g/mol. The third kappa shape index (κ3) is 3.70. The predicted molar refractivity (Wildman–Crippen MR) is 94.6 cm³/mol. The predicted octanol–water partition coefficient (Wildman–Crippen LogP) is 2.59. The molecule has 0 radical (unpaired) electrons. The summed E-state index contributed by atoms with van der Waals surface area (Å²) in [4.78, 5) is 31.2. The summed E-state index contributed by atoms with van der Waals surface area (Å²) >= 11 is 0.